The SMILES string of the molecule is [N-]=[N+]=NCCCCCCC(=O)Nc1ccccc1Cc1ccccc1. The van der Waals surface area contributed by atoms with Crippen LogP contribution in [0.5, 0.6) is 0 Å². The van der Waals surface area contributed by atoms with E-state index in [1.165, 1.54) is 5.56 Å². The Morgan fingerprint density at radius 3 is 2.48 bits per heavy atom. The monoisotopic (exact) mass is 336 g/mol. The number of carbonyl (C=O) groups is 1. The zero-order chi connectivity index (χ0) is 17.7. The van der Waals surface area contributed by atoms with Crippen molar-refractivity contribution in [3.8, 4) is 0 Å². The van der Waals surface area contributed by atoms with Crippen LogP contribution < -0.4 is 5.32 Å². The fraction of sp³-hybridized carbons (Fsp3) is 0.350. The number of amides is 1. The summed E-state index contributed by atoms with van der Waals surface area (Å²) in [6.07, 6.45) is 5.00. The molecule has 0 aliphatic heterocycles. The topological polar surface area (TPSA) is 77.9 Å². The average Bonchev–Trinajstić information content (AvgIpc) is 2.63. The van der Waals surface area contributed by atoms with Crippen LogP contribution in [0.4, 0.5) is 5.69 Å². The molecule has 0 radical (unpaired) electrons. The van der Waals surface area contributed by atoms with E-state index in [9.17, 15) is 4.79 Å². The number of hydrogen-bond acceptors (Lipinski definition) is 2. The van der Waals surface area contributed by atoms with Crippen molar-refractivity contribution < 1.29 is 4.79 Å². The molecule has 2 rings (SSSR count). The van der Waals surface area contributed by atoms with Crippen LogP contribution in [-0.2, 0) is 11.2 Å². The maximum absolute atomic E-state index is 12.2. The summed E-state index contributed by atoms with van der Waals surface area (Å²) in [4.78, 5) is 14.9. The molecule has 5 heteroatoms. The maximum Gasteiger partial charge on any atom is 0.224 e. The van der Waals surface area contributed by atoms with E-state index in [4.69, 9.17) is 5.53 Å². The van der Waals surface area contributed by atoms with Gasteiger partial charge in [-0.2, -0.15) is 0 Å². The second kappa shape index (κ2) is 10.9. The molecule has 1 amide bonds. The molecular weight excluding hydrogens is 312 g/mol. The van der Waals surface area contributed by atoms with Crippen LogP contribution in [0.1, 0.15) is 43.2 Å². The summed E-state index contributed by atoms with van der Waals surface area (Å²) in [5.41, 5.74) is 11.4. The van der Waals surface area contributed by atoms with Gasteiger partial charge in [0.05, 0.1) is 0 Å². The van der Waals surface area contributed by atoms with Gasteiger partial charge in [0, 0.05) is 23.6 Å². The number of hydrogen-bond donors (Lipinski definition) is 1. The molecule has 130 valence electrons. The summed E-state index contributed by atoms with van der Waals surface area (Å²) in [5, 5.41) is 6.54. The summed E-state index contributed by atoms with van der Waals surface area (Å²) in [6.45, 7) is 0.537. The van der Waals surface area contributed by atoms with Crippen LogP contribution in [0, 0.1) is 0 Å². The van der Waals surface area contributed by atoms with Gasteiger partial charge in [0.2, 0.25) is 5.91 Å². The van der Waals surface area contributed by atoms with E-state index in [1.807, 2.05) is 36.4 Å². The van der Waals surface area contributed by atoms with Crippen molar-refractivity contribution in [3.05, 3.63) is 76.2 Å². The molecule has 0 unspecified atom stereocenters. The molecular formula is C20H24N4O. The number of nitrogens with zero attached hydrogens (tertiary/aromatic N) is 3. The van der Waals surface area contributed by atoms with E-state index >= 15 is 0 Å². The number of para-hydroxylation sites is 1. The Balaban J connectivity index is 1.79. The molecule has 0 spiro atoms. The number of carbonyl (C=O) groups excluding carboxylic acids is 1. The lowest BCUT2D eigenvalue weighted by atomic mass is 10.0. The average molecular weight is 336 g/mol. The molecule has 0 fully saturated rings. The highest BCUT2D eigenvalue weighted by Gasteiger charge is 2.07. The van der Waals surface area contributed by atoms with E-state index in [0.29, 0.717) is 13.0 Å². The number of azide groups is 1. The first-order valence-corrected chi connectivity index (χ1v) is 8.72. The van der Waals surface area contributed by atoms with E-state index in [0.717, 1.165) is 43.4 Å². The molecule has 0 heterocycles. The molecule has 25 heavy (non-hydrogen) atoms. The normalized spacial score (nSPS) is 10.1. The molecule has 5 nitrogen and oxygen atoms in total. The van der Waals surface area contributed by atoms with Crippen LogP contribution in [0.25, 0.3) is 10.4 Å². The maximum atomic E-state index is 12.2. The zero-order valence-electron chi connectivity index (χ0n) is 14.4. The van der Waals surface area contributed by atoms with Gasteiger partial charge >= 0.3 is 0 Å². The minimum atomic E-state index is 0.0514. The quantitative estimate of drug-likeness (QED) is 0.265. The minimum Gasteiger partial charge on any atom is -0.326 e. The minimum absolute atomic E-state index is 0.0514. The zero-order valence-corrected chi connectivity index (χ0v) is 14.4. The van der Waals surface area contributed by atoms with Crippen molar-refractivity contribution in [1.82, 2.24) is 0 Å². The first-order chi connectivity index (χ1) is 12.3. The molecule has 1 N–H and O–H groups in total. The highest BCUT2D eigenvalue weighted by molar-refractivity contribution is 5.91. The molecule has 0 aliphatic rings. The van der Waals surface area contributed by atoms with Crippen LogP contribution in [0.3, 0.4) is 0 Å². The first-order valence-electron chi connectivity index (χ1n) is 8.72. The second-order valence-electron chi connectivity index (χ2n) is 5.99. The number of nitrogens with one attached hydrogen (secondary N) is 1. The lowest BCUT2D eigenvalue weighted by Crippen LogP contribution is -2.12. The third kappa shape index (κ3) is 7.10. The van der Waals surface area contributed by atoms with E-state index < -0.39 is 0 Å². The summed E-state index contributed by atoms with van der Waals surface area (Å²) in [7, 11) is 0. The van der Waals surface area contributed by atoms with Gasteiger partial charge in [-0.25, -0.2) is 0 Å². The summed E-state index contributed by atoms with van der Waals surface area (Å²) >= 11 is 0. The van der Waals surface area contributed by atoms with Gasteiger partial charge < -0.3 is 5.32 Å². The fourth-order valence-corrected chi connectivity index (χ4v) is 2.69. The van der Waals surface area contributed by atoms with Crippen molar-refractivity contribution in [3.63, 3.8) is 0 Å². The standard InChI is InChI=1S/C20H24N4O/c21-24-22-15-9-2-1-6-14-20(25)23-19-13-8-7-12-18(19)16-17-10-4-3-5-11-17/h3-5,7-8,10-13H,1-2,6,9,14-16H2,(H,23,25). The third-order valence-corrected chi connectivity index (χ3v) is 4.00. The van der Waals surface area contributed by atoms with Gasteiger partial charge in [-0.05, 0) is 42.0 Å². The van der Waals surface area contributed by atoms with Crippen LogP contribution in [-0.4, -0.2) is 12.5 Å². The summed E-state index contributed by atoms with van der Waals surface area (Å²) in [6, 6.07) is 18.2. The van der Waals surface area contributed by atoms with Crippen molar-refractivity contribution >= 4 is 11.6 Å². The highest BCUT2D eigenvalue weighted by atomic mass is 16.1. The highest BCUT2D eigenvalue weighted by Crippen LogP contribution is 2.19. The Hall–Kier alpha value is -2.78. The number of benzene rings is 2. The Bertz CT molecular complexity index is 709. The fourth-order valence-electron chi connectivity index (χ4n) is 2.69. The number of unbranched alkanes of at least 4 members (excludes halogenated alkanes) is 3. The number of anilines is 1. The second-order valence-corrected chi connectivity index (χ2v) is 5.99. The molecule has 0 atom stereocenters. The van der Waals surface area contributed by atoms with Gasteiger partial charge in [0.25, 0.3) is 0 Å². The molecule has 0 saturated carbocycles. The molecule has 0 aliphatic carbocycles. The molecule has 0 aromatic heterocycles. The molecule has 0 saturated heterocycles. The largest absolute Gasteiger partial charge is 0.326 e. The summed E-state index contributed by atoms with van der Waals surface area (Å²) in [5.74, 6) is 0.0514. The Kier molecular flexibility index (Phi) is 8.09. The van der Waals surface area contributed by atoms with Gasteiger partial charge in [0.1, 0.15) is 0 Å². The lowest BCUT2D eigenvalue weighted by Gasteiger charge is -2.11. The van der Waals surface area contributed by atoms with Crippen LogP contribution >= 0.6 is 0 Å². The molecule has 0 bridgehead atoms. The third-order valence-electron chi connectivity index (χ3n) is 4.00. The molecule has 2 aromatic rings. The van der Waals surface area contributed by atoms with Crippen molar-refractivity contribution in [1.29, 1.82) is 0 Å². The van der Waals surface area contributed by atoms with E-state index in [2.05, 4.69) is 33.5 Å². The number of rotatable bonds is 10. The predicted octanol–water partition coefficient (Wildman–Crippen LogP) is 5.48. The van der Waals surface area contributed by atoms with Crippen LogP contribution in [0.2, 0.25) is 0 Å². The van der Waals surface area contributed by atoms with Gasteiger partial charge in [-0.1, -0.05) is 66.5 Å². The smallest absolute Gasteiger partial charge is 0.224 e. The van der Waals surface area contributed by atoms with Gasteiger partial charge in [-0.15, -0.1) is 0 Å². The predicted molar refractivity (Wildman–Crippen MR) is 101 cm³/mol. The van der Waals surface area contributed by atoms with Crippen molar-refractivity contribution in [2.75, 3.05) is 11.9 Å². The van der Waals surface area contributed by atoms with Crippen molar-refractivity contribution in [2.24, 2.45) is 5.11 Å². The summed E-state index contributed by atoms with van der Waals surface area (Å²) < 4.78 is 0. The van der Waals surface area contributed by atoms with Crippen LogP contribution in [0.15, 0.2) is 59.7 Å². The Morgan fingerprint density at radius 2 is 1.68 bits per heavy atom. The van der Waals surface area contributed by atoms with Gasteiger partial charge in [0.15, 0.2) is 0 Å². The van der Waals surface area contributed by atoms with E-state index in [1.54, 1.807) is 0 Å². The lowest BCUT2D eigenvalue weighted by molar-refractivity contribution is -0.116. The Labute approximate surface area is 148 Å². The van der Waals surface area contributed by atoms with Crippen molar-refractivity contribution in [2.45, 2.75) is 38.5 Å². The van der Waals surface area contributed by atoms with Gasteiger partial charge in [-0.3, -0.25) is 4.79 Å². The molecule has 2 aromatic carbocycles. The van der Waals surface area contributed by atoms with E-state index in [-0.39, 0.29) is 5.91 Å². The first kappa shape index (κ1) is 18.6. The Morgan fingerprint density at radius 1 is 0.960 bits per heavy atom.